The lowest BCUT2D eigenvalue weighted by molar-refractivity contribution is -0.128. The van der Waals surface area contributed by atoms with E-state index in [1.54, 1.807) is 7.11 Å². The number of ether oxygens (including phenoxy) is 3. The summed E-state index contributed by atoms with van der Waals surface area (Å²) in [6.07, 6.45) is 0. The Hall–Kier alpha value is -4.38. The van der Waals surface area contributed by atoms with Crippen LogP contribution in [-0.2, 0) is 9.59 Å². The highest BCUT2D eigenvalue weighted by Crippen LogP contribution is 2.35. The minimum Gasteiger partial charge on any atom is -0.497 e. The molecule has 0 amide bonds. The van der Waals surface area contributed by atoms with Crippen molar-refractivity contribution in [3.8, 4) is 17.2 Å². The summed E-state index contributed by atoms with van der Waals surface area (Å²) in [7, 11) is 1.60. The predicted molar refractivity (Wildman–Crippen MR) is 119 cm³/mol. The van der Waals surface area contributed by atoms with Gasteiger partial charge in [-0.1, -0.05) is 42.5 Å². The van der Waals surface area contributed by atoms with E-state index in [-0.39, 0.29) is 5.97 Å². The first kappa shape index (κ1) is 18.4. The fraction of sp³-hybridized carbons (Fsp3) is 0.0370. The van der Waals surface area contributed by atoms with Gasteiger partial charge in [-0.05, 0) is 47.5 Å². The Morgan fingerprint density at radius 2 is 1.09 bits per heavy atom. The van der Waals surface area contributed by atoms with Crippen LogP contribution in [0.3, 0.4) is 0 Å². The molecule has 0 fully saturated rings. The first-order valence-electron chi connectivity index (χ1n) is 10.1. The summed E-state index contributed by atoms with van der Waals surface area (Å²) in [6, 6.07) is 24.2. The van der Waals surface area contributed by atoms with Crippen molar-refractivity contribution in [2.75, 3.05) is 7.11 Å². The zero-order valence-electron chi connectivity index (χ0n) is 17.0. The molecule has 4 aromatic rings. The lowest BCUT2D eigenvalue weighted by atomic mass is 9.99. The summed E-state index contributed by atoms with van der Waals surface area (Å²) in [6.45, 7) is 0. The third-order valence-electron chi connectivity index (χ3n) is 5.88. The Morgan fingerprint density at radius 3 is 1.59 bits per heavy atom. The molecule has 0 saturated carbocycles. The summed E-state index contributed by atoms with van der Waals surface area (Å²) in [5, 5.41) is 2.89. The molecule has 154 valence electrons. The smallest absolute Gasteiger partial charge is 0.344 e. The Morgan fingerprint density at radius 1 is 0.594 bits per heavy atom. The maximum atomic E-state index is 12.8. The summed E-state index contributed by atoms with van der Waals surface area (Å²) in [5.74, 6) is 0.879. The van der Waals surface area contributed by atoms with E-state index < -0.39 is 5.97 Å². The average Bonchev–Trinajstić information content (AvgIpc) is 3.35. The SMILES string of the molecule is COc1ccc(C2=c3ccc4c5c(ccc4c3OC2=O)=C(c2ccccc2)C(=O)O5)cc1. The van der Waals surface area contributed by atoms with Gasteiger partial charge in [-0.25, -0.2) is 9.59 Å². The van der Waals surface area contributed by atoms with Crippen molar-refractivity contribution < 1.29 is 23.8 Å². The van der Waals surface area contributed by atoms with Crippen molar-refractivity contribution in [2.24, 2.45) is 0 Å². The Balaban J connectivity index is 1.60. The summed E-state index contributed by atoms with van der Waals surface area (Å²) >= 11 is 0. The third-order valence-corrected chi connectivity index (χ3v) is 5.88. The van der Waals surface area contributed by atoms with Gasteiger partial charge < -0.3 is 14.2 Å². The molecule has 2 aliphatic rings. The molecule has 0 saturated heterocycles. The van der Waals surface area contributed by atoms with Crippen LogP contribution in [0.5, 0.6) is 17.2 Å². The Bertz CT molecular complexity index is 1560. The molecule has 2 heterocycles. The summed E-state index contributed by atoms with van der Waals surface area (Å²) in [5.41, 5.74) is 2.59. The molecule has 2 aliphatic heterocycles. The molecular weight excluding hydrogens is 404 g/mol. The summed E-state index contributed by atoms with van der Waals surface area (Å²) < 4.78 is 16.6. The van der Waals surface area contributed by atoms with Crippen molar-refractivity contribution >= 4 is 33.9 Å². The minimum atomic E-state index is -0.410. The van der Waals surface area contributed by atoms with Crippen molar-refractivity contribution in [3.05, 3.63) is 100 Å². The molecule has 4 aromatic carbocycles. The standard InChI is InChI=1S/C27H16O5/c1-30-17-9-7-16(8-10-17)23-21-14-12-18-19(25(21)32-27(23)29)11-13-20-22(26(28)31-24(18)20)15-5-3-2-4-6-15/h2-14H,1H3. The number of benzene rings is 4. The van der Waals surface area contributed by atoms with Gasteiger partial charge >= 0.3 is 11.9 Å². The largest absolute Gasteiger partial charge is 0.497 e. The van der Waals surface area contributed by atoms with E-state index in [2.05, 4.69) is 0 Å². The highest BCUT2D eigenvalue weighted by atomic mass is 16.5. The Kier molecular flexibility index (Phi) is 3.92. The van der Waals surface area contributed by atoms with Gasteiger partial charge in [-0.3, -0.25) is 0 Å². The van der Waals surface area contributed by atoms with Crippen LogP contribution in [0.2, 0.25) is 0 Å². The molecule has 0 unspecified atom stereocenters. The zero-order valence-corrected chi connectivity index (χ0v) is 17.0. The first-order chi connectivity index (χ1) is 15.7. The molecular formula is C27H16O5. The second-order valence-electron chi connectivity index (χ2n) is 7.60. The fourth-order valence-electron chi connectivity index (χ4n) is 4.38. The fourth-order valence-corrected chi connectivity index (χ4v) is 4.38. The molecule has 0 aliphatic carbocycles. The van der Waals surface area contributed by atoms with Crippen LogP contribution < -0.4 is 24.6 Å². The Labute approximate surface area is 182 Å². The topological polar surface area (TPSA) is 61.8 Å². The van der Waals surface area contributed by atoms with Crippen LogP contribution in [0.25, 0.3) is 21.9 Å². The molecule has 0 N–H and O–H groups in total. The molecule has 5 heteroatoms. The second-order valence-corrected chi connectivity index (χ2v) is 7.60. The number of carbonyl (C=O) groups is 2. The lowest BCUT2D eigenvalue weighted by Crippen LogP contribution is -2.07. The number of hydrogen-bond donors (Lipinski definition) is 0. The van der Waals surface area contributed by atoms with E-state index in [1.807, 2.05) is 78.9 Å². The van der Waals surface area contributed by atoms with Crippen LogP contribution in [-0.4, -0.2) is 19.0 Å². The van der Waals surface area contributed by atoms with E-state index in [0.29, 0.717) is 33.6 Å². The van der Waals surface area contributed by atoms with Crippen LogP contribution in [0, 0.1) is 0 Å². The molecule has 0 bridgehead atoms. The van der Waals surface area contributed by atoms with E-state index in [1.165, 1.54) is 0 Å². The molecule has 0 spiro atoms. The van der Waals surface area contributed by atoms with Gasteiger partial charge in [0, 0.05) is 21.2 Å². The van der Waals surface area contributed by atoms with Crippen LogP contribution >= 0.6 is 0 Å². The molecule has 6 rings (SSSR count). The van der Waals surface area contributed by atoms with E-state index in [4.69, 9.17) is 14.2 Å². The highest BCUT2D eigenvalue weighted by molar-refractivity contribution is 6.23. The van der Waals surface area contributed by atoms with E-state index >= 15 is 0 Å². The van der Waals surface area contributed by atoms with Crippen LogP contribution in [0.1, 0.15) is 11.1 Å². The van der Waals surface area contributed by atoms with Gasteiger partial charge in [0.2, 0.25) is 0 Å². The number of hydrogen-bond acceptors (Lipinski definition) is 5. The molecule has 0 atom stereocenters. The normalized spacial score (nSPS) is 14.3. The van der Waals surface area contributed by atoms with Gasteiger partial charge in [-0.2, -0.15) is 0 Å². The van der Waals surface area contributed by atoms with Crippen LogP contribution in [0.15, 0.2) is 78.9 Å². The van der Waals surface area contributed by atoms with Crippen molar-refractivity contribution in [1.82, 2.24) is 0 Å². The maximum absolute atomic E-state index is 12.8. The molecule has 5 nitrogen and oxygen atoms in total. The highest BCUT2D eigenvalue weighted by Gasteiger charge is 2.30. The second kappa shape index (κ2) is 6.82. The molecule has 0 radical (unpaired) electrons. The van der Waals surface area contributed by atoms with Crippen LogP contribution in [0.4, 0.5) is 0 Å². The first-order valence-corrected chi connectivity index (χ1v) is 10.1. The van der Waals surface area contributed by atoms with Gasteiger partial charge in [-0.15, -0.1) is 0 Å². The molecule has 0 aromatic heterocycles. The molecule has 32 heavy (non-hydrogen) atoms. The zero-order chi connectivity index (χ0) is 21.8. The van der Waals surface area contributed by atoms with E-state index in [9.17, 15) is 9.59 Å². The monoisotopic (exact) mass is 420 g/mol. The van der Waals surface area contributed by atoms with Crippen molar-refractivity contribution in [2.45, 2.75) is 0 Å². The number of carbonyl (C=O) groups excluding carboxylic acids is 2. The van der Waals surface area contributed by atoms with Gasteiger partial charge in [0.1, 0.15) is 17.2 Å². The van der Waals surface area contributed by atoms with Crippen molar-refractivity contribution in [3.63, 3.8) is 0 Å². The number of methoxy groups -OCH3 is 1. The van der Waals surface area contributed by atoms with E-state index in [0.717, 1.165) is 27.1 Å². The maximum Gasteiger partial charge on any atom is 0.344 e. The lowest BCUT2D eigenvalue weighted by Gasteiger charge is -2.05. The number of rotatable bonds is 3. The number of fused-ring (bicyclic) bond motifs is 5. The minimum absolute atomic E-state index is 0.387. The van der Waals surface area contributed by atoms with Gasteiger partial charge in [0.25, 0.3) is 0 Å². The number of esters is 2. The third kappa shape index (κ3) is 2.58. The van der Waals surface area contributed by atoms with Gasteiger partial charge in [0.15, 0.2) is 0 Å². The van der Waals surface area contributed by atoms with Crippen molar-refractivity contribution in [1.29, 1.82) is 0 Å². The quantitative estimate of drug-likeness (QED) is 0.377. The average molecular weight is 420 g/mol. The predicted octanol–water partition coefficient (Wildman–Crippen LogP) is 3.08. The summed E-state index contributed by atoms with van der Waals surface area (Å²) in [4.78, 5) is 25.5. The van der Waals surface area contributed by atoms with Gasteiger partial charge in [0.05, 0.1) is 18.3 Å².